The fourth-order valence-electron chi connectivity index (χ4n) is 3.40. The van der Waals surface area contributed by atoms with E-state index in [1.165, 1.54) is 10.4 Å². The fraction of sp³-hybridized carbons (Fsp3) is 0.143. The summed E-state index contributed by atoms with van der Waals surface area (Å²) in [5.41, 5.74) is 2.93. The van der Waals surface area contributed by atoms with Gasteiger partial charge in [0.05, 0.1) is 11.3 Å². The second-order valence-corrected chi connectivity index (χ2v) is 8.70. The Bertz CT molecular complexity index is 1110. The molecule has 1 aliphatic heterocycles. The van der Waals surface area contributed by atoms with E-state index in [1.807, 2.05) is 83.5 Å². The number of benzene rings is 1. The average Bonchev–Trinajstić information content (AvgIpc) is 3.47. The van der Waals surface area contributed by atoms with Crippen molar-refractivity contribution in [3.05, 3.63) is 83.1 Å². The third-order valence-corrected chi connectivity index (χ3v) is 7.13. The molecular formula is C21H18N4OS2. The van der Waals surface area contributed by atoms with Crippen LogP contribution in [0.2, 0.25) is 0 Å². The van der Waals surface area contributed by atoms with Crippen LogP contribution in [0.15, 0.2) is 67.1 Å². The van der Waals surface area contributed by atoms with Crippen LogP contribution < -0.4 is 5.32 Å². The lowest BCUT2D eigenvalue weighted by Crippen LogP contribution is -2.17. The maximum absolute atomic E-state index is 13.2. The van der Waals surface area contributed by atoms with E-state index in [0.29, 0.717) is 5.82 Å². The number of amides is 1. The van der Waals surface area contributed by atoms with Crippen molar-refractivity contribution < 1.29 is 4.79 Å². The highest BCUT2D eigenvalue weighted by Gasteiger charge is 2.26. The van der Waals surface area contributed by atoms with Gasteiger partial charge < -0.3 is 9.88 Å². The topological polar surface area (TPSA) is 51.9 Å². The summed E-state index contributed by atoms with van der Waals surface area (Å²) < 4.78 is 3.80. The molecule has 7 heteroatoms. The Morgan fingerprint density at radius 3 is 2.68 bits per heavy atom. The molecule has 0 saturated carbocycles. The molecular weight excluding hydrogens is 388 g/mol. The largest absolute Gasteiger partial charge is 0.315 e. The highest BCUT2D eigenvalue weighted by atomic mass is 32.2. The monoisotopic (exact) mass is 406 g/mol. The molecule has 1 amide bonds. The Morgan fingerprint density at radius 1 is 1.04 bits per heavy atom. The van der Waals surface area contributed by atoms with Gasteiger partial charge in [-0.3, -0.25) is 4.79 Å². The second-order valence-electron chi connectivity index (χ2n) is 6.51. The summed E-state index contributed by atoms with van der Waals surface area (Å²) in [6.45, 7) is 0. The van der Waals surface area contributed by atoms with Gasteiger partial charge in [-0.25, -0.2) is 4.68 Å². The molecule has 0 aliphatic carbocycles. The number of anilines is 1. The Hall–Kier alpha value is -2.77. The molecule has 0 saturated heterocycles. The van der Waals surface area contributed by atoms with Gasteiger partial charge in [-0.2, -0.15) is 16.9 Å². The number of carbonyl (C=O) groups excluding carboxylic acids is 1. The standard InChI is InChI=1S/C21H18N4OS2/c26-20(22-18-8-12-25(23-18)15-6-2-1-3-7-15)19-16-9-13-27-14-17(16)28-21(19)24-10-4-5-11-24/h1-8,10-12H,9,13-14H2,(H,22,23,26). The van der Waals surface area contributed by atoms with Crippen LogP contribution in [0, 0.1) is 0 Å². The van der Waals surface area contributed by atoms with Crippen LogP contribution in [-0.4, -0.2) is 26.0 Å². The van der Waals surface area contributed by atoms with E-state index in [2.05, 4.69) is 10.4 Å². The van der Waals surface area contributed by atoms with Crippen LogP contribution in [0.4, 0.5) is 5.82 Å². The number of thioether (sulfide) groups is 1. The van der Waals surface area contributed by atoms with Crippen molar-refractivity contribution in [3.8, 4) is 10.7 Å². The zero-order valence-electron chi connectivity index (χ0n) is 15.0. The lowest BCUT2D eigenvalue weighted by atomic mass is 10.1. The summed E-state index contributed by atoms with van der Waals surface area (Å²) in [7, 11) is 0. The van der Waals surface area contributed by atoms with Gasteiger partial charge in [0.1, 0.15) is 5.00 Å². The van der Waals surface area contributed by atoms with Gasteiger partial charge in [-0.15, -0.1) is 11.3 Å². The van der Waals surface area contributed by atoms with Crippen LogP contribution in [0.25, 0.3) is 10.7 Å². The molecule has 4 heterocycles. The number of hydrogen-bond donors (Lipinski definition) is 1. The van der Waals surface area contributed by atoms with Crippen LogP contribution in [-0.2, 0) is 12.2 Å². The molecule has 3 aromatic heterocycles. The number of aromatic nitrogens is 3. The number of para-hydroxylation sites is 1. The minimum absolute atomic E-state index is 0.0913. The van der Waals surface area contributed by atoms with Crippen molar-refractivity contribution >= 4 is 34.8 Å². The first-order valence-electron chi connectivity index (χ1n) is 9.07. The molecule has 0 fully saturated rings. The van der Waals surface area contributed by atoms with Crippen molar-refractivity contribution in [2.45, 2.75) is 12.2 Å². The lowest BCUT2D eigenvalue weighted by Gasteiger charge is -2.12. The summed E-state index contributed by atoms with van der Waals surface area (Å²) in [5.74, 6) is 2.49. The number of fused-ring (bicyclic) bond motifs is 1. The molecule has 1 N–H and O–H groups in total. The minimum atomic E-state index is -0.0913. The van der Waals surface area contributed by atoms with Crippen molar-refractivity contribution in [2.75, 3.05) is 11.1 Å². The SMILES string of the molecule is O=C(Nc1ccn(-c2ccccc2)n1)c1c(-n2cccc2)sc2c1CCSC2. The first kappa shape index (κ1) is 17.3. The van der Waals surface area contributed by atoms with Gasteiger partial charge in [0.25, 0.3) is 5.91 Å². The van der Waals surface area contributed by atoms with Crippen molar-refractivity contribution in [1.82, 2.24) is 14.3 Å². The Balaban J connectivity index is 1.47. The van der Waals surface area contributed by atoms with E-state index < -0.39 is 0 Å². The van der Waals surface area contributed by atoms with Crippen LogP contribution in [0.5, 0.6) is 0 Å². The predicted molar refractivity (Wildman–Crippen MR) is 115 cm³/mol. The van der Waals surface area contributed by atoms with Gasteiger partial charge in [-0.05, 0) is 42.0 Å². The minimum Gasteiger partial charge on any atom is -0.315 e. The van der Waals surface area contributed by atoms with Gasteiger partial charge in [0, 0.05) is 35.3 Å². The van der Waals surface area contributed by atoms with Crippen molar-refractivity contribution in [2.24, 2.45) is 0 Å². The maximum atomic E-state index is 13.2. The molecule has 0 spiro atoms. The zero-order valence-corrected chi connectivity index (χ0v) is 16.7. The van der Waals surface area contributed by atoms with Gasteiger partial charge in [-0.1, -0.05) is 18.2 Å². The number of nitrogens with one attached hydrogen (secondary N) is 1. The first-order chi connectivity index (χ1) is 13.8. The normalized spacial score (nSPS) is 13.3. The molecule has 28 heavy (non-hydrogen) atoms. The van der Waals surface area contributed by atoms with Gasteiger partial charge in [0.15, 0.2) is 5.82 Å². The van der Waals surface area contributed by atoms with E-state index in [1.54, 1.807) is 16.0 Å². The number of carbonyl (C=O) groups is 1. The molecule has 1 aliphatic rings. The van der Waals surface area contributed by atoms with Gasteiger partial charge in [0.2, 0.25) is 0 Å². The summed E-state index contributed by atoms with van der Waals surface area (Å²) >= 11 is 3.64. The summed E-state index contributed by atoms with van der Waals surface area (Å²) in [6, 6.07) is 15.7. The fourth-order valence-corrected chi connectivity index (χ4v) is 5.84. The molecule has 140 valence electrons. The van der Waals surface area contributed by atoms with Crippen molar-refractivity contribution in [1.29, 1.82) is 0 Å². The molecule has 0 unspecified atom stereocenters. The highest BCUT2D eigenvalue weighted by molar-refractivity contribution is 7.98. The van der Waals surface area contributed by atoms with E-state index in [9.17, 15) is 4.79 Å². The molecule has 5 nitrogen and oxygen atoms in total. The summed E-state index contributed by atoms with van der Waals surface area (Å²) in [4.78, 5) is 14.5. The van der Waals surface area contributed by atoms with E-state index >= 15 is 0 Å². The Kier molecular flexibility index (Phi) is 4.54. The molecule has 4 aromatic rings. The van der Waals surface area contributed by atoms with E-state index in [0.717, 1.165) is 34.2 Å². The predicted octanol–water partition coefficient (Wildman–Crippen LogP) is 4.77. The molecule has 0 bridgehead atoms. The first-order valence-corrected chi connectivity index (χ1v) is 11.0. The van der Waals surface area contributed by atoms with Gasteiger partial charge >= 0.3 is 0 Å². The van der Waals surface area contributed by atoms with Crippen molar-refractivity contribution in [3.63, 3.8) is 0 Å². The lowest BCUT2D eigenvalue weighted by molar-refractivity contribution is 0.102. The van der Waals surface area contributed by atoms with E-state index in [-0.39, 0.29) is 5.91 Å². The molecule has 0 atom stereocenters. The van der Waals surface area contributed by atoms with Crippen LogP contribution >= 0.6 is 23.1 Å². The van der Waals surface area contributed by atoms with E-state index in [4.69, 9.17) is 0 Å². The number of thiophene rings is 1. The third-order valence-electron chi connectivity index (χ3n) is 4.72. The van der Waals surface area contributed by atoms with Crippen LogP contribution in [0.1, 0.15) is 20.8 Å². The quantitative estimate of drug-likeness (QED) is 0.531. The maximum Gasteiger partial charge on any atom is 0.260 e. The molecule has 0 radical (unpaired) electrons. The summed E-state index contributed by atoms with van der Waals surface area (Å²) in [5, 5.41) is 8.50. The number of hydrogen-bond acceptors (Lipinski definition) is 4. The average molecular weight is 407 g/mol. The number of rotatable bonds is 4. The Labute approximate surface area is 171 Å². The second kappa shape index (κ2) is 7.33. The highest BCUT2D eigenvalue weighted by Crippen LogP contribution is 2.38. The third kappa shape index (κ3) is 3.16. The summed E-state index contributed by atoms with van der Waals surface area (Å²) in [6.07, 6.45) is 6.77. The molecule has 1 aromatic carbocycles. The zero-order chi connectivity index (χ0) is 18.9. The Morgan fingerprint density at radius 2 is 1.86 bits per heavy atom. The number of nitrogens with zero attached hydrogens (tertiary/aromatic N) is 3. The molecule has 5 rings (SSSR count). The smallest absolute Gasteiger partial charge is 0.260 e. The van der Waals surface area contributed by atoms with Crippen LogP contribution in [0.3, 0.4) is 0 Å².